The predicted molar refractivity (Wildman–Crippen MR) is 71.6 cm³/mol. The van der Waals surface area contributed by atoms with Gasteiger partial charge in [-0.25, -0.2) is 4.90 Å². The van der Waals surface area contributed by atoms with Gasteiger partial charge >= 0.3 is 5.97 Å². The van der Waals surface area contributed by atoms with Crippen LogP contribution in [-0.4, -0.2) is 57.6 Å². The second-order valence-electron chi connectivity index (χ2n) is 5.08. The summed E-state index contributed by atoms with van der Waals surface area (Å²) in [7, 11) is 0. The van der Waals surface area contributed by atoms with Crippen LogP contribution < -0.4 is 0 Å². The van der Waals surface area contributed by atoms with Crippen LogP contribution in [0.3, 0.4) is 0 Å². The number of aliphatic carboxylic acids is 1. The van der Waals surface area contributed by atoms with Crippen molar-refractivity contribution in [3.05, 3.63) is 40.6 Å². The van der Waals surface area contributed by atoms with Crippen molar-refractivity contribution in [2.75, 3.05) is 19.8 Å². The van der Waals surface area contributed by atoms with Crippen LogP contribution in [0.25, 0.3) is 0 Å². The molecule has 1 fully saturated rings. The van der Waals surface area contributed by atoms with Gasteiger partial charge in [0.05, 0.1) is 29.2 Å². The molecule has 0 spiro atoms. The van der Waals surface area contributed by atoms with Gasteiger partial charge in [-0.15, -0.1) is 5.01 Å². The average Bonchev–Trinajstić information content (AvgIpc) is 2.71. The topological polar surface area (TPSA) is 126 Å². The van der Waals surface area contributed by atoms with Crippen LogP contribution in [0.5, 0.6) is 0 Å². The van der Waals surface area contributed by atoms with E-state index < -0.39 is 30.4 Å². The van der Waals surface area contributed by atoms with E-state index in [1.54, 1.807) is 12.1 Å². The van der Waals surface area contributed by atoms with Gasteiger partial charge in [-0.2, -0.15) is 0 Å². The summed E-state index contributed by atoms with van der Waals surface area (Å²) < 4.78 is 0. The van der Waals surface area contributed by atoms with Crippen LogP contribution >= 0.6 is 0 Å². The van der Waals surface area contributed by atoms with Crippen molar-refractivity contribution in [1.82, 2.24) is 9.91 Å². The number of carboxylic acid groups (broad SMARTS) is 1. The number of carbonyl (C=O) groups excluding carboxylic acids is 2. The molecule has 3 rings (SSSR count). The SMILES string of the molecule is O=C(O)C1CN([N+]([O-])=NOCN2C(=O)c3ccccc3C2=O)C1. The molecular formula is C13H12N4O6. The van der Waals surface area contributed by atoms with Gasteiger partial charge in [0.15, 0.2) is 0 Å². The summed E-state index contributed by atoms with van der Waals surface area (Å²) in [6.07, 6.45) is 0. The molecule has 0 atom stereocenters. The van der Waals surface area contributed by atoms with E-state index in [0.29, 0.717) is 0 Å². The van der Waals surface area contributed by atoms with Crippen molar-refractivity contribution >= 4 is 17.8 Å². The molecule has 2 aliphatic rings. The monoisotopic (exact) mass is 320 g/mol. The first-order chi connectivity index (χ1) is 11.0. The Hall–Kier alpha value is -3.17. The Morgan fingerprint density at radius 2 is 1.87 bits per heavy atom. The Bertz CT molecular complexity index is 677. The maximum Gasteiger partial charge on any atom is 0.310 e. The Labute approximate surface area is 129 Å². The summed E-state index contributed by atoms with van der Waals surface area (Å²) in [5, 5.41) is 24.5. The van der Waals surface area contributed by atoms with Crippen LogP contribution in [0.15, 0.2) is 29.5 Å². The second kappa shape index (κ2) is 5.55. The molecule has 0 saturated carbocycles. The Morgan fingerprint density at radius 1 is 1.30 bits per heavy atom. The van der Waals surface area contributed by atoms with Gasteiger partial charge < -0.3 is 15.2 Å². The van der Waals surface area contributed by atoms with Gasteiger partial charge in [0.1, 0.15) is 5.92 Å². The molecule has 2 heterocycles. The van der Waals surface area contributed by atoms with Crippen molar-refractivity contribution in [2.24, 2.45) is 11.2 Å². The Kier molecular flexibility index (Phi) is 3.56. The number of imide groups is 1. The number of nitrogens with zero attached hydrogens (tertiary/aromatic N) is 4. The molecular weight excluding hydrogens is 308 g/mol. The summed E-state index contributed by atoms with van der Waals surface area (Å²) in [5.41, 5.74) is 0.541. The highest BCUT2D eigenvalue weighted by molar-refractivity contribution is 6.21. The third-order valence-electron chi connectivity index (χ3n) is 3.65. The minimum Gasteiger partial charge on any atom is -0.569 e. The maximum atomic E-state index is 12.0. The lowest BCUT2D eigenvalue weighted by atomic mass is 10.0. The summed E-state index contributed by atoms with van der Waals surface area (Å²) in [4.78, 5) is 40.3. The van der Waals surface area contributed by atoms with Gasteiger partial charge in [0.2, 0.25) is 12.0 Å². The first-order valence-corrected chi connectivity index (χ1v) is 6.72. The fourth-order valence-electron chi connectivity index (χ4n) is 2.29. The molecule has 10 heteroatoms. The summed E-state index contributed by atoms with van der Waals surface area (Å²) in [5.74, 6) is -2.64. The Balaban J connectivity index is 1.56. The number of hydrogen-bond donors (Lipinski definition) is 1. The molecule has 10 nitrogen and oxygen atoms in total. The molecule has 120 valence electrons. The number of amides is 2. The lowest BCUT2D eigenvalue weighted by Gasteiger charge is -2.31. The molecule has 1 aromatic rings. The van der Waals surface area contributed by atoms with Crippen LogP contribution in [0.1, 0.15) is 20.7 Å². The number of hydrazine groups is 1. The second-order valence-corrected chi connectivity index (χ2v) is 5.08. The molecule has 23 heavy (non-hydrogen) atoms. The Morgan fingerprint density at radius 3 is 2.39 bits per heavy atom. The molecule has 0 bridgehead atoms. The smallest absolute Gasteiger partial charge is 0.310 e. The van der Waals surface area contributed by atoms with Gasteiger partial charge in [0, 0.05) is 0 Å². The van der Waals surface area contributed by atoms with Crippen LogP contribution in [0.2, 0.25) is 0 Å². The van der Waals surface area contributed by atoms with Crippen LogP contribution in [0.4, 0.5) is 0 Å². The summed E-state index contributed by atoms with van der Waals surface area (Å²) >= 11 is 0. The summed E-state index contributed by atoms with van der Waals surface area (Å²) in [6, 6.07) is 6.33. The van der Waals surface area contributed by atoms with Crippen molar-refractivity contribution in [3.63, 3.8) is 0 Å². The third kappa shape index (κ3) is 2.54. The highest BCUT2D eigenvalue weighted by Gasteiger charge is 2.39. The minimum absolute atomic E-state index is 0.0265. The molecule has 1 N–H and O–H groups in total. The molecule has 1 saturated heterocycles. The van der Waals surface area contributed by atoms with Gasteiger partial charge in [0.25, 0.3) is 11.8 Å². The fraction of sp³-hybridized carbons (Fsp3) is 0.308. The van der Waals surface area contributed by atoms with Gasteiger partial charge in [-0.3, -0.25) is 14.4 Å². The molecule has 1 aromatic carbocycles. The van der Waals surface area contributed by atoms with E-state index in [0.717, 1.165) is 9.91 Å². The zero-order valence-electron chi connectivity index (χ0n) is 11.8. The molecule has 2 amide bonds. The molecule has 0 unspecified atom stereocenters. The van der Waals surface area contributed by atoms with Crippen molar-refractivity contribution in [2.45, 2.75) is 0 Å². The first-order valence-electron chi connectivity index (χ1n) is 6.72. The van der Waals surface area contributed by atoms with E-state index in [9.17, 15) is 19.6 Å². The van der Waals surface area contributed by atoms with Crippen molar-refractivity contribution in [1.29, 1.82) is 0 Å². The lowest BCUT2D eigenvalue weighted by molar-refractivity contribution is -0.725. The van der Waals surface area contributed by atoms with Gasteiger partial charge in [-0.05, 0) is 12.1 Å². The van der Waals surface area contributed by atoms with Crippen molar-refractivity contribution < 1.29 is 29.3 Å². The average molecular weight is 320 g/mol. The number of carbonyl (C=O) groups is 3. The van der Waals surface area contributed by atoms with E-state index in [2.05, 4.69) is 5.28 Å². The standard InChI is InChI=1S/C13H12N4O6/c18-11-9-3-1-2-4-10(9)12(19)16(11)7-23-14-17(22)15-5-8(6-15)13(20)21/h1-4,8H,5-7H2,(H,20,21). The van der Waals surface area contributed by atoms with Crippen molar-refractivity contribution in [3.8, 4) is 0 Å². The van der Waals surface area contributed by atoms with E-state index in [1.807, 2.05) is 0 Å². The van der Waals surface area contributed by atoms with Crippen LogP contribution in [0, 0.1) is 11.1 Å². The van der Waals surface area contributed by atoms with Crippen LogP contribution in [-0.2, 0) is 9.63 Å². The van der Waals surface area contributed by atoms with E-state index in [4.69, 9.17) is 9.94 Å². The summed E-state index contributed by atoms with van der Waals surface area (Å²) in [6.45, 7) is -0.446. The third-order valence-corrected chi connectivity index (χ3v) is 3.65. The predicted octanol–water partition coefficient (Wildman–Crippen LogP) is 0.0656. The van der Waals surface area contributed by atoms with E-state index >= 15 is 0 Å². The zero-order valence-corrected chi connectivity index (χ0v) is 11.8. The molecule has 2 aliphatic heterocycles. The molecule has 0 aliphatic carbocycles. The quantitative estimate of drug-likeness (QED) is 0.352. The largest absolute Gasteiger partial charge is 0.569 e. The number of carboxylic acids is 1. The highest BCUT2D eigenvalue weighted by Crippen LogP contribution is 2.22. The van der Waals surface area contributed by atoms with E-state index in [-0.39, 0.29) is 29.2 Å². The van der Waals surface area contributed by atoms with E-state index in [1.165, 1.54) is 12.1 Å². The van der Waals surface area contributed by atoms with Gasteiger partial charge in [-0.1, -0.05) is 12.1 Å². The number of fused-ring (bicyclic) bond motifs is 1. The number of benzene rings is 1. The minimum atomic E-state index is -0.985. The molecule has 0 radical (unpaired) electrons. The zero-order chi connectivity index (χ0) is 16.6. The number of hydrogen-bond acceptors (Lipinski definition) is 6. The fourth-order valence-corrected chi connectivity index (χ4v) is 2.29. The maximum absolute atomic E-state index is 12.0. The lowest BCUT2D eigenvalue weighted by Crippen LogP contribution is -2.53. The normalized spacial score (nSPS) is 18.0. The first kappa shape index (κ1) is 14.8. The molecule has 0 aromatic heterocycles. The number of rotatable bonds is 5. The highest BCUT2D eigenvalue weighted by atomic mass is 16.7.